The van der Waals surface area contributed by atoms with Crippen molar-refractivity contribution in [3.05, 3.63) is 6.33 Å². The van der Waals surface area contributed by atoms with Crippen LogP contribution < -0.4 is 5.32 Å². The Morgan fingerprint density at radius 1 is 1.80 bits per heavy atom. The van der Waals surface area contributed by atoms with Crippen LogP contribution in [0.1, 0.15) is 19.3 Å². The minimum Gasteiger partial charge on any atom is -0.302 e. The average molecular weight is 223 g/mol. The van der Waals surface area contributed by atoms with Crippen LogP contribution in [0, 0.1) is 11.3 Å². The number of nitrogens with one attached hydrogen (secondary N) is 2. The lowest BCUT2D eigenvalue weighted by molar-refractivity contribution is 0.464. The number of hydrogen-bond donors (Lipinski definition) is 2. The number of nitriles is 1. The van der Waals surface area contributed by atoms with Gasteiger partial charge in [0.1, 0.15) is 11.9 Å². The molecule has 2 rings (SSSR count). The summed E-state index contributed by atoms with van der Waals surface area (Å²) in [5, 5.41) is 20.1. The summed E-state index contributed by atoms with van der Waals surface area (Å²) in [5.74, 6) is 0. The first kappa shape index (κ1) is 10.5. The second-order valence-corrected chi connectivity index (χ2v) is 5.01. The summed E-state index contributed by atoms with van der Waals surface area (Å²) in [6, 6.07) is 2.37. The van der Waals surface area contributed by atoms with Gasteiger partial charge < -0.3 is 5.32 Å². The fourth-order valence-electron chi connectivity index (χ4n) is 1.89. The fraction of sp³-hybridized carbons (Fsp3) is 0.667. The first-order valence-corrected chi connectivity index (χ1v) is 5.78. The molecule has 0 amide bonds. The van der Waals surface area contributed by atoms with Gasteiger partial charge in [-0.1, -0.05) is 11.8 Å². The Balaban J connectivity index is 1.96. The van der Waals surface area contributed by atoms with Crippen LogP contribution in [0.2, 0.25) is 0 Å². The summed E-state index contributed by atoms with van der Waals surface area (Å²) < 4.78 is 0. The molecule has 0 radical (unpaired) electrons. The monoisotopic (exact) mass is 223 g/mol. The van der Waals surface area contributed by atoms with Crippen molar-refractivity contribution in [2.75, 3.05) is 7.05 Å². The number of H-pyrrole nitrogens is 1. The molecule has 1 aromatic heterocycles. The van der Waals surface area contributed by atoms with Gasteiger partial charge in [-0.2, -0.15) is 10.4 Å². The highest BCUT2D eigenvalue weighted by Crippen LogP contribution is 2.38. The molecule has 2 N–H and O–H groups in total. The van der Waals surface area contributed by atoms with E-state index in [0.717, 1.165) is 24.4 Å². The molecule has 1 fully saturated rings. The molecule has 1 heterocycles. The van der Waals surface area contributed by atoms with Gasteiger partial charge in [0.05, 0.1) is 6.07 Å². The highest BCUT2D eigenvalue weighted by atomic mass is 32.2. The van der Waals surface area contributed by atoms with Crippen LogP contribution in [0.25, 0.3) is 0 Å². The minimum absolute atomic E-state index is 0.336. The molecule has 0 aliphatic heterocycles. The second-order valence-electron chi connectivity index (χ2n) is 3.72. The van der Waals surface area contributed by atoms with Gasteiger partial charge >= 0.3 is 0 Å². The van der Waals surface area contributed by atoms with Crippen LogP contribution in [0.4, 0.5) is 0 Å². The number of thioether (sulfide) groups is 1. The van der Waals surface area contributed by atoms with Crippen LogP contribution in [0.5, 0.6) is 0 Å². The maximum Gasteiger partial charge on any atom is 0.183 e. The fourth-order valence-corrected chi connectivity index (χ4v) is 3.03. The Kier molecular flexibility index (Phi) is 2.93. The van der Waals surface area contributed by atoms with Crippen molar-refractivity contribution in [1.29, 1.82) is 5.26 Å². The van der Waals surface area contributed by atoms with Gasteiger partial charge in [-0.05, 0) is 26.3 Å². The number of nitrogens with zero attached hydrogens (tertiary/aromatic N) is 3. The molecule has 2 atom stereocenters. The Morgan fingerprint density at radius 3 is 3.20 bits per heavy atom. The summed E-state index contributed by atoms with van der Waals surface area (Å²) in [4.78, 5) is 4.07. The number of aromatic nitrogens is 3. The molecule has 6 heteroatoms. The molecule has 0 aromatic carbocycles. The Hall–Kier alpha value is -1.06. The predicted octanol–water partition coefficient (Wildman–Crippen LogP) is 0.931. The first-order chi connectivity index (χ1) is 7.28. The van der Waals surface area contributed by atoms with E-state index in [-0.39, 0.29) is 5.54 Å². The molecule has 1 aromatic rings. The Morgan fingerprint density at radius 2 is 2.67 bits per heavy atom. The van der Waals surface area contributed by atoms with Crippen LogP contribution in [-0.2, 0) is 0 Å². The maximum absolute atomic E-state index is 9.10. The lowest BCUT2D eigenvalue weighted by Gasteiger charge is -2.19. The highest BCUT2D eigenvalue weighted by molar-refractivity contribution is 7.99. The van der Waals surface area contributed by atoms with Crippen molar-refractivity contribution in [3.63, 3.8) is 0 Å². The molecule has 1 aliphatic carbocycles. The molecule has 0 spiro atoms. The van der Waals surface area contributed by atoms with E-state index in [1.54, 1.807) is 11.8 Å². The summed E-state index contributed by atoms with van der Waals surface area (Å²) >= 11 is 1.67. The van der Waals surface area contributed by atoms with Gasteiger partial charge in [-0.25, -0.2) is 4.98 Å². The van der Waals surface area contributed by atoms with Crippen molar-refractivity contribution in [2.24, 2.45) is 0 Å². The molecule has 5 nitrogen and oxygen atoms in total. The zero-order valence-electron chi connectivity index (χ0n) is 8.53. The molecule has 0 bridgehead atoms. The van der Waals surface area contributed by atoms with E-state index in [4.69, 9.17) is 5.26 Å². The molecular formula is C9H13N5S. The molecule has 1 saturated carbocycles. The van der Waals surface area contributed by atoms with Crippen molar-refractivity contribution in [1.82, 2.24) is 20.5 Å². The summed E-state index contributed by atoms with van der Waals surface area (Å²) in [7, 11) is 1.85. The summed E-state index contributed by atoms with van der Waals surface area (Å²) in [5.41, 5.74) is -0.336. The SMILES string of the molecule is CNC1(C#N)CCC(Sc2ncn[nH]2)C1. The molecule has 80 valence electrons. The zero-order valence-corrected chi connectivity index (χ0v) is 9.34. The lowest BCUT2D eigenvalue weighted by atomic mass is 10.0. The third-order valence-corrected chi connectivity index (χ3v) is 3.99. The van der Waals surface area contributed by atoms with Crippen LogP contribution in [0.15, 0.2) is 11.5 Å². The van der Waals surface area contributed by atoms with E-state index < -0.39 is 0 Å². The zero-order chi connectivity index (χ0) is 10.7. The molecule has 0 saturated heterocycles. The Bertz CT molecular complexity index is 357. The number of rotatable bonds is 3. The smallest absolute Gasteiger partial charge is 0.183 e. The van der Waals surface area contributed by atoms with Gasteiger partial charge in [-0.3, -0.25) is 5.10 Å². The molecule has 2 unspecified atom stereocenters. The van der Waals surface area contributed by atoms with Crippen LogP contribution >= 0.6 is 11.8 Å². The predicted molar refractivity (Wildman–Crippen MR) is 57.3 cm³/mol. The standard InChI is InChI=1S/C9H13N5S/c1-11-9(5-10)3-2-7(4-9)15-8-12-6-13-14-8/h6-7,11H,2-4H2,1H3,(H,12,13,14). The minimum atomic E-state index is -0.336. The van der Waals surface area contributed by atoms with E-state index in [0.29, 0.717) is 5.25 Å². The third-order valence-electron chi connectivity index (χ3n) is 2.83. The average Bonchev–Trinajstić information content (AvgIpc) is 2.89. The maximum atomic E-state index is 9.10. The van der Waals surface area contributed by atoms with Gasteiger partial charge in [0.25, 0.3) is 0 Å². The summed E-state index contributed by atoms with van der Waals surface area (Å²) in [6.07, 6.45) is 4.32. The van der Waals surface area contributed by atoms with Crippen molar-refractivity contribution >= 4 is 11.8 Å². The van der Waals surface area contributed by atoms with Crippen molar-refractivity contribution in [2.45, 2.75) is 35.2 Å². The van der Waals surface area contributed by atoms with Gasteiger partial charge in [0.15, 0.2) is 5.16 Å². The number of hydrogen-bond acceptors (Lipinski definition) is 5. The van der Waals surface area contributed by atoms with Gasteiger partial charge in [0, 0.05) is 5.25 Å². The highest BCUT2D eigenvalue weighted by Gasteiger charge is 2.38. The van der Waals surface area contributed by atoms with E-state index >= 15 is 0 Å². The molecule has 15 heavy (non-hydrogen) atoms. The number of aromatic amines is 1. The van der Waals surface area contributed by atoms with Gasteiger partial charge in [-0.15, -0.1) is 0 Å². The lowest BCUT2D eigenvalue weighted by Crippen LogP contribution is -2.38. The molecular weight excluding hydrogens is 210 g/mol. The van der Waals surface area contributed by atoms with Crippen molar-refractivity contribution in [3.8, 4) is 6.07 Å². The quantitative estimate of drug-likeness (QED) is 0.797. The summed E-state index contributed by atoms with van der Waals surface area (Å²) in [6.45, 7) is 0. The second kappa shape index (κ2) is 4.21. The molecule has 1 aliphatic rings. The van der Waals surface area contributed by atoms with E-state index in [1.165, 1.54) is 6.33 Å². The largest absolute Gasteiger partial charge is 0.302 e. The van der Waals surface area contributed by atoms with E-state index in [9.17, 15) is 0 Å². The van der Waals surface area contributed by atoms with Crippen molar-refractivity contribution < 1.29 is 0 Å². The van der Waals surface area contributed by atoms with Crippen LogP contribution in [0.3, 0.4) is 0 Å². The normalized spacial score (nSPS) is 30.3. The topological polar surface area (TPSA) is 77.4 Å². The van der Waals surface area contributed by atoms with E-state index in [2.05, 4.69) is 26.6 Å². The van der Waals surface area contributed by atoms with Gasteiger partial charge in [0.2, 0.25) is 0 Å². The third kappa shape index (κ3) is 2.13. The Labute approximate surface area is 92.7 Å². The van der Waals surface area contributed by atoms with Crippen LogP contribution in [-0.4, -0.2) is 33.0 Å². The first-order valence-electron chi connectivity index (χ1n) is 4.90. The van der Waals surface area contributed by atoms with E-state index in [1.807, 2.05) is 7.05 Å².